The van der Waals surface area contributed by atoms with Crippen molar-refractivity contribution in [1.29, 1.82) is 0 Å². The van der Waals surface area contributed by atoms with Crippen molar-refractivity contribution >= 4 is 10.9 Å². The molecule has 0 unspecified atom stereocenters. The van der Waals surface area contributed by atoms with Gasteiger partial charge in [0, 0.05) is 22.7 Å². The Morgan fingerprint density at radius 3 is 2.89 bits per heavy atom. The number of rotatable bonds is 1. The fourth-order valence-electron chi connectivity index (χ4n) is 1.96. The number of H-pyrrole nitrogens is 1. The Hall–Kier alpha value is -2.49. The van der Waals surface area contributed by atoms with E-state index >= 15 is 0 Å². The molecule has 0 saturated heterocycles. The zero-order valence-corrected chi connectivity index (χ0v) is 9.84. The molecule has 0 amide bonds. The van der Waals surface area contributed by atoms with Crippen LogP contribution < -0.4 is 5.56 Å². The maximum absolute atomic E-state index is 11.6. The zero-order valence-electron chi connectivity index (χ0n) is 9.84. The first-order valence-corrected chi connectivity index (χ1v) is 5.65. The first-order chi connectivity index (χ1) is 8.75. The van der Waals surface area contributed by atoms with E-state index in [2.05, 4.69) is 15.0 Å². The van der Waals surface area contributed by atoms with Crippen molar-refractivity contribution in [2.24, 2.45) is 0 Å². The number of aromatic amines is 1. The molecule has 0 saturated carbocycles. The van der Waals surface area contributed by atoms with Crippen LogP contribution >= 0.6 is 0 Å². The molecule has 0 fully saturated rings. The SMILES string of the molecule is Cc1c(-c2cnc3ccccc3c2)nc[nH]c1=O. The van der Waals surface area contributed by atoms with E-state index in [4.69, 9.17) is 0 Å². The largest absolute Gasteiger partial charge is 0.313 e. The lowest BCUT2D eigenvalue weighted by Crippen LogP contribution is -2.11. The molecule has 0 aliphatic heterocycles. The Bertz CT molecular complexity index is 777. The van der Waals surface area contributed by atoms with E-state index in [1.165, 1.54) is 6.33 Å². The minimum atomic E-state index is -0.117. The highest BCUT2D eigenvalue weighted by Crippen LogP contribution is 2.21. The number of pyridine rings is 1. The fourth-order valence-corrected chi connectivity index (χ4v) is 1.96. The summed E-state index contributed by atoms with van der Waals surface area (Å²) in [5.41, 5.74) is 2.96. The molecule has 3 rings (SSSR count). The van der Waals surface area contributed by atoms with E-state index in [0.717, 1.165) is 16.5 Å². The molecule has 88 valence electrons. The fraction of sp³-hybridized carbons (Fsp3) is 0.0714. The standard InChI is InChI=1S/C14H11N3O/c1-9-13(16-8-17-14(9)18)11-6-10-4-2-3-5-12(10)15-7-11/h2-8H,1H3,(H,16,17,18). The second kappa shape index (κ2) is 4.07. The van der Waals surface area contributed by atoms with Crippen molar-refractivity contribution in [2.45, 2.75) is 6.92 Å². The third-order valence-corrected chi connectivity index (χ3v) is 2.95. The van der Waals surface area contributed by atoms with Crippen molar-refractivity contribution in [1.82, 2.24) is 15.0 Å². The molecule has 0 atom stereocenters. The van der Waals surface area contributed by atoms with Gasteiger partial charge in [0.15, 0.2) is 0 Å². The molecule has 0 aliphatic rings. The maximum atomic E-state index is 11.6. The summed E-state index contributed by atoms with van der Waals surface area (Å²) in [5.74, 6) is 0. The minimum absolute atomic E-state index is 0.117. The Morgan fingerprint density at radius 2 is 2.00 bits per heavy atom. The Kier molecular flexibility index (Phi) is 2.41. The Balaban J connectivity index is 2.26. The van der Waals surface area contributed by atoms with Gasteiger partial charge in [0.1, 0.15) is 0 Å². The molecule has 2 heterocycles. The lowest BCUT2D eigenvalue weighted by molar-refractivity contribution is 1.08. The summed E-state index contributed by atoms with van der Waals surface area (Å²) in [6.45, 7) is 1.76. The molecule has 4 nitrogen and oxygen atoms in total. The third kappa shape index (κ3) is 1.68. The predicted molar refractivity (Wildman–Crippen MR) is 70.3 cm³/mol. The third-order valence-electron chi connectivity index (χ3n) is 2.95. The van der Waals surface area contributed by atoms with Gasteiger partial charge in [0.05, 0.1) is 17.5 Å². The van der Waals surface area contributed by atoms with Crippen LogP contribution in [0.4, 0.5) is 0 Å². The average molecular weight is 237 g/mol. The molecule has 2 aromatic heterocycles. The van der Waals surface area contributed by atoms with Crippen LogP contribution in [0.25, 0.3) is 22.2 Å². The number of nitrogens with zero attached hydrogens (tertiary/aromatic N) is 2. The van der Waals surface area contributed by atoms with Gasteiger partial charge in [-0.1, -0.05) is 18.2 Å². The van der Waals surface area contributed by atoms with E-state index in [0.29, 0.717) is 11.3 Å². The van der Waals surface area contributed by atoms with Gasteiger partial charge in [-0.05, 0) is 19.1 Å². The molecule has 1 aromatic carbocycles. The number of benzene rings is 1. The van der Waals surface area contributed by atoms with Crippen molar-refractivity contribution in [3.8, 4) is 11.3 Å². The molecule has 0 aliphatic carbocycles. The number of fused-ring (bicyclic) bond motifs is 1. The van der Waals surface area contributed by atoms with Gasteiger partial charge < -0.3 is 4.98 Å². The van der Waals surface area contributed by atoms with Crippen LogP contribution in [0.2, 0.25) is 0 Å². The van der Waals surface area contributed by atoms with Gasteiger partial charge in [-0.25, -0.2) is 4.98 Å². The number of para-hydroxylation sites is 1. The highest BCUT2D eigenvalue weighted by atomic mass is 16.1. The van der Waals surface area contributed by atoms with Gasteiger partial charge in [-0.3, -0.25) is 9.78 Å². The zero-order chi connectivity index (χ0) is 12.5. The summed E-state index contributed by atoms with van der Waals surface area (Å²) in [6.07, 6.45) is 3.16. The molecular weight excluding hydrogens is 226 g/mol. The van der Waals surface area contributed by atoms with Crippen LogP contribution in [0.3, 0.4) is 0 Å². The van der Waals surface area contributed by atoms with E-state index in [1.54, 1.807) is 13.1 Å². The summed E-state index contributed by atoms with van der Waals surface area (Å²) < 4.78 is 0. The lowest BCUT2D eigenvalue weighted by atomic mass is 10.1. The first kappa shape index (κ1) is 10.7. The average Bonchev–Trinajstić information content (AvgIpc) is 2.41. The molecule has 18 heavy (non-hydrogen) atoms. The van der Waals surface area contributed by atoms with E-state index in [9.17, 15) is 4.79 Å². The molecule has 0 spiro atoms. The van der Waals surface area contributed by atoms with E-state index in [1.807, 2.05) is 30.3 Å². The van der Waals surface area contributed by atoms with Crippen LogP contribution in [0.1, 0.15) is 5.56 Å². The topological polar surface area (TPSA) is 58.6 Å². The molecule has 0 radical (unpaired) electrons. The normalized spacial score (nSPS) is 10.7. The molecule has 3 aromatic rings. The quantitative estimate of drug-likeness (QED) is 0.706. The first-order valence-electron chi connectivity index (χ1n) is 5.65. The summed E-state index contributed by atoms with van der Waals surface area (Å²) in [7, 11) is 0. The maximum Gasteiger partial charge on any atom is 0.254 e. The summed E-state index contributed by atoms with van der Waals surface area (Å²) in [6, 6.07) is 9.86. The van der Waals surface area contributed by atoms with Gasteiger partial charge in [0.2, 0.25) is 0 Å². The number of hydrogen-bond donors (Lipinski definition) is 1. The van der Waals surface area contributed by atoms with Crippen molar-refractivity contribution in [3.63, 3.8) is 0 Å². The number of nitrogens with one attached hydrogen (secondary N) is 1. The van der Waals surface area contributed by atoms with Crippen molar-refractivity contribution < 1.29 is 0 Å². The lowest BCUT2D eigenvalue weighted by Gasteiger charge is -2.04. The monoisotopic (exact) mass is 237 g/mol. The van der Waals surface area contributed by atoms with Crippen LogP contribution in [-0.2, 0) is 0 Å². The van der Waals surface area contributed by atoms with E-state index in [-0.39, 0.29) is 5.56 Å². The van der Waals surface area contributed by atoms with Crippen LogP contribution in [0, 0.1) is 6.92 Å². The van der Waals surface area contributed by atoms with Gasteiger partial charge in [0.25, 0.3) is 5.56 Å². The molecular formula is C14H11N3O. The smallest absolute Gasteiger partial charge is 0.254 e. The Morgan fingerprint density at radius 1 is 1.17 bits per heavy atom. The van der Waals surface area contributed by atoms with Crippen molar-refractivity contribution in [3.05, 3.63) is 58.8 Å². The predicted octanol–water partition coefficient (Wildman–Crippen LogP) is 2.29. The van der Waals surface area contributed by atoms with Crippen LogP contribution in [0.15, 0.2) is 47.7 Å². The number of aromatic nitrogens is 3. The highest BCUT2D eigenvalue weighted by Gasteiger charge is 2.07. The van der Waals surface area contributed by atoms with Gasteiger partial charge in [-0.15, -0.1) is 0 Å². The summed E-state index contributed by atoms with van der Waals surface area (Å²) in [4.78, 5) is 22.7. The summed E-state index contributed by atoms with van der Waals surface area (Å²) in [5, 5.41) is 1.04. The van der Waals surface area contributed by atoms with Gasteiger partial charge in [-0.2, -0.15) is 0 Å². The second-order valence-electron chi connectivity index (χ2n) is 4.12. The number of hydrogen-bond acceptors (Lipinski definition) is 3. The highest BCUT2D eigenvalue weighted by molar-refractivity contribution is 5.83. The molecule has 1 N–H and O–H groups in total. The van der Waals surface area contributed by atoms with Crippen LogP contribution in [-0.4, -0.2) is 15.0 Å². The minimum Gasteiger partial charge on any atom is -0.313 e. The Labute approximate surface area is 103 Å². The van der Waals surface area contributed by atoms with E-state index < -0.39 is 0 Å². The summed E-state index contributed by atoms with van der Waals surface area (Å²) >= 11 is 0. The van der Waals surface area contributed by atoms with Gasteiger partial charge >= 0.3 is 0 Å². The van der Waals surface area contributed by atoms with Crippen molar-refractivity contribution in [2.75, 3.05) is 0 Å². The molecule has 4 heteroatoms. The molecule has 0 bridgehead atoms. The second-order valence-corrected chi connectivity index (χ2v) is 4.12. The van der Waals surface area contributed by atoms with Crippen LogP contribution in [0.5, 0.6) is 0 Å².